The van der Waals surface area contributed by atoms with Gasteiger partial charge in [0.05, 0.1) is 6.21 Å². The van der Waals surface area contributed by atoms with Gasteiger partial charge in [0.25, 0.3) is 0 Å². The fourth-order valence-electron chi connectivity index (χ4n) is 2.15. The molecule has 2 aromatic rings. The largest absolute Gasteiger partial charge is 0.344 e. The van der Waals surface area contributed by atoms with Crippen LogP contribution in [0.25, 0.3) is 0 Å². The van der Waals surface area contributed by atoms with Gasteiger partial charge >= 0.3 is 11.8 Å². The zero-order chi connectivity index (χ0) is 18.2. The van der Waals surface area contributed by atoms with Gasteiger partial charge in [0, 0.05) is 6.54 Å². The molecule has 25 heavy (non-hydrogen) atoms. The Kier molecular flexibility index (Phi) is 6.46. The van der Waals surface area contributed by atoms with E-state index in [2.05, 4.69) is 29.7 Å². The van der Waals surface area contributed by atoms with E-state index in [9.17, 15) is 9.59 Å². The van der Waals surface area contributed by atoms with Crippen molar-refractivity contribution in [2.45, 2.75) is 33.2 Å². The highest BCUT2D eigenvalue weighted by atomic mass is 16.2. The number of rotatable bonds is 5. The molecule has 0 saturated carbocycles. The van der Waals surface area contributed by atoms with Gasteiger partial charge in [-0.25, -0.2) is 5.43 Å². The van der Waals surface area contributed by atoms with Gasteiger partial charge in [-0.2, -0.15) is 5.10 Å². The van der Waals surface area contributed by atoms with Crippen LogP contribution in [0.15, 0.2) is 53.6 Å². The Balaban J connectivity index is 1.80. The van der Waals surface area contributed by atoms with E-state index >= 15 is 0 Å². The van der Waals surface area contributed by atoms with Crippen LogP contribution in [0.4, 0.5) is 0 Å². The van der Waals surface area contributed by atoms with Crippen molar-refractivity contribution in [1.82, 2.24) is 10.7 Å². The topological polar surface area (TPSA) is 70.6 Å². The van der Waals surface area contributed by atoms with Gasteiger partial charge in [-0.15, -0.1) is 0 Å². The zero-order valence-corrected chi connectivity index (χ0v) is 14.7. The summed E-state index contributed by atoms with van der Waals surface area (Å²) in [7, 11) is 0. The van der Waals surface area contributed by atoms with Crippen LogP contribution < -0.4 is 10.7 Å². The molecule has 5 nitrogen and oxygen atoms in total. The van der Waals surface area contributed by atoms with E-state index in [-0.39, 0.29) is 0 Å². The fourth-order valence-corrected chi connectivity index (χ4v) is 2.15. The summed E-state index contributed by atoms with van der Waals surface area (Å²) in [5, 5.41) is 6.38. The minimum absolute atomic E-state index is 0.299. The molecule has 0 aliphatic rings. The molecule has 130 valence electrons. The Morgan fingerprint density at radius 2 is 1.64 bits per heavy atom. The summed E-state index contributed by atoms with van der Waals surface area (Å²) in [6.45, 7) is 6.54. The minimum atomic E-state index is -0.790. The van der Waals surface area contributed by atoms with Crippen LogP contribution in [-0.4, -0.2) is 18.0 Å². The molecule has 0 fully saturated rings. The lowest BCUT2D eigenvalue weighted by Gasteiger charge is -2.05. The van der Waals surface area contributed by atoms with Crippen LogP contribution in [0.3, 0.4) is 0 Å². The minimum Gasteiger partial charge on any atom is -0.344 e. The monoisotopic (exact) mass is 337 g/mol. The highest BCUT2D eigenvalue weighted by Gasteiger charge is 2.11. The van der Waals surface area contributed by atoms with Crippen molar-refractivity contribution in [2.75, 3.05) is 0 Å². The molecule has 0 aromatic heterocycles. The molecule has 0 atom stereocenters. The van der Waals surface area contributed by atoms with Gasteiger partial charge < -0.3 is 5.32 Å². The fraction of sp³-hybridized carbons (Fsp3) is 0.250. The van der Waals surface area contributed by atoms with E-state index in [0.29, 0.717) is 12.5 Å². The predicted molar refractivity (Wildman–Crippen MR) is 99.3 cm³/mol. The maximum Gasteiger partial charge on any atom is 0.329 e. The van der Waals surface area contributed by atoms with Gasteiger partial charge in [-0.05, 0) is 29.5 Å². The van der Waals surface area contributed by atoms with Crippen molar-refractivity contribution in [3.8, 4) is 0 Å². The molecule has 0 unspecified atom stereocenters. The molecule has 5 heteroatoms. The molecule has 2 N–H and O–H groups in total. The third-order valence-electron chi connectivity index (χ3n) is 3.76. The van der Waals surface area contributed by atoms with Crippen molar-refractivity contribution >= 4 is 18.0 Å². The highest BCUT2D eigenvalue weighted by Crippen LogP contribution is 2.13. The van der Waals surface area contributed by atoms with Gasteiger partial charge in [-0.1, -0.05) is 67.9 Å². The molecule has 0 radical (unpaired) electrons. The number of amides is 2. The van der Waals surface area contributed by atoms with Crippen LogP contribution in [0.1, 0.15) is 42.0 Å². The van der Waals surface area contributed by atoms with E-state index in [1.165, 1.54) is 11.8 Å². The molecular weight excluding hydrogens is 314 g/mol. The zero-order valence-electron chi connectivity index (χ0n) is 14.7. The Labute approximate surface area is 148 Å². The van der Waals surface area contributed by atoms with E-state index in [1.807, 2.05) is 55.5 Å². The number of carbonyl (C=O) groups is 2. The molecule has 0 bridgehead atoms. The number of nitrogens with one attached hydrogen (secondary N) is 2. The van der Waals surface area contributed by atoms with Gasteiger partial charge in [-0.3, -0.25) is 9.59 Å². The summed E-state index contributed by atoms with van der Waals surface area (Å²) in [5.41, 5.74) is 6.39. The van der Waals surface area contributed by atoms with Crippen LogP contribution in [0, 0.1) is 6.92 Å². The molecule has 2 amide bonds. The lowest BCUT2D eigenvalue weighted by atomic mass is 10.0. The first-order valence-corrected chi connectivity index (χ1v) is 8.22. The number of nitrogens with zero attached hydrogens (tertiary/aromatic N) is 1. The second kappa shape index (κ2) is 8.78. The third-order valence-corrected chi connectivity index (χ3v) is 3.76. The van der Waals surface area contributed by atoms with Gasteiger partial charge in [0.15, 0.2) is 0 Å². The molecule has 0 spiro atoms. The standard InChI is InChI=1S/C20H23N3O2/c1-14(2)18-10-8-17(9-11-18)13-22-23-20(25)19(24)21-12-16-6-4-15(3)5-7-16/h4-11,13-14H,12H2,1-3H3,(H,21,24)(H,23,25)/b22-13-. The average molecular weight is 337 g/mol. The molecule has 0 heterocycles. The number of carbonyl (C=O) groups excluding carboxylic acids is 2. The van der Waals surface area contributed by atoms with Crippen molar-refractivity contribution in [3.63, 3.8) is 0 Å². The Bertz CT molecular complexity index is 748. The second-order valence-electron chi connectivity index (χ2n) is 6.19. The first kappa shape index (κ1) is 18.4. The van der Waals surface area contributed by atoms with Crippen LogP contribution in [0.5, 0.6) is 0 Å². The molecule has 2 rings (SSSR count). The molecule has 0 saturated heterocycles. The number of hydrogen-bond acceptors (Lipinski definition) is 3. The Morgan fingerprint density at radius 3 is 2.24 bits per heavy atom. The highest BCUT2D eigenvalue weighted by molar-refractivity contribution is 6.35. The Hall–Kier alpha value is -2.95. The summed E-state index contributed by atoms with van der Waals surface area (Å²) in [4.78, 5) is 23.5. The number of hydrazone groups is 1. The quantitative estimate of drug-likeness (QED) is 0.500. The van der Waals surface area contributed by atoms with Crippen LogP contribution in [0.2, 0.25) is 0 Å². The van der Waals surface area contributed by atoms with Crippen LogP contribution >= 0.6 is 0 Å². The summed E-state index contributed by atoms with van der Waals surface area (Å²) in [5.74, 6) is -1.04. The smallest absolute Gasteiger partial charge is 0.329 e. The molecule has 0 aliphatic carbocycles. The lowest BCUT2D eigenvalue weighted by molar-refractivity contribution is -0.139. The first-order chi connectivity index (χ1) is 12.0. The van der Waals surface area contributed by atoms with Crippen molar-refractivity contribution in [3.05, 3.63) is 70.8 Å². The van der Waals surface area contributed by atoms with E-state index in [4.69, 9.17) is 0 Å². The van der Waals surface area contributed by atoms with Gasteiger partial charge in [0.1, 0.15) is 0 Å². The van der Waals surface area contributed by atoms with E-state index in [0.717, 1.165) is 16.7 Å². The molecule has 2 aromatic carbocycles. The summed E-state index contributed by atoms with van der Waals surface area (Å²) in [6.07, 6.45) is 1.51. The summed E-state index contributed by atoms with van der Waals surface area (Å²) >= 11 is 0. The SMILES string of the molecule is Cc1ccc(CNC(=O)C(=O)N/N=C\c2ccc(C(C)C)cc2)cc1. The summed E-state index contributed by atoms with van der Waals surface area (Å²) < 4.78 is 0. The van der Waals surface area contributed by atoms with E-state index in [1.54, 1.807) is 0 Å². The lowest BCUT2D eigenvalue weighted by Crippen LogP contribution is -2.37. The second-order valence-corrected chi connectivity index (χ2v) is 6.19. The van der Waals surface area contributed by atoms with E-state index < -0.39 is 11.8 Å². The number of benzene rings is 2. The number of hydrogen-bond donors (Lipinski definition) is 2. The first-order valence-electron chi connectivity index (χ1n) is 8.22. The maximum absolute atomic E-state index is 11.7. The van der Waals surface area contributed by atoms with Gasteiger partial charge in [0.2, 0.25) is 0 Å². The predicted octanol–water partition coefficient (Wildman–Crippen LogP) is 2.88. The van der Waals surface area contributed by atoms with Crippen molar-refractivity contribution in [2.24, 2.45) is 5.10 Å². The number of aryl methyl sites for hydroxylation is 1. The van der Waals surface area contributed by atoms with Crippen molar-refractivity contribution in [1.29, 1.82) is 0 Å². The van der Waals surface area contributed by atoms with Crippen LogP contribution in [-0.2, 0) is 16.1 Å². The average Bonchev–Trinajstić information content (AvgIpc) is 2.61. The Morgan fingerprint density at radius 1 is 1.00 bits per heavy atom. The maximum atomic E-state index is 11.7. The molecule has 0 aliphatic heterocycles. The molecular formula is C20H23N3O2. The van der Waals surface area contributed by atoms with Crippen molar-refractivity contribution < 1.29 is 9.59 Å². The summed E-state index contributed by atoms with van der Waals surface area (Å²) in [6, 6.07) is 15.6. The normalized spacial score (nSPS) is 10.9. The third kappa shape index (κ3) is 5.88.